The van der Waals surface area contributed by atoms with Crippen LogP contribution in [0.2, 0.25) is 0 Å². The van der Waals surface area contributed by atoms with Crippen LogP contribution in [0, 0.1) is 5.82 Å². The molecule has 6 heteroatoms. The number of amides is 1. The molecule has 2 heterocycles. The van der Waals surface area contributed by atoms with Crippen LogP contribution in [0.15, 0.2) is 36.7 Å². The predicted molar refractivity (Wildman–Crippen MR) is 74.7 cm³/mol. The second kappa shape index (κ2) is 6.03. The fourth-order valence-electron chi connectivity index (χ4n) is 2.81. The van der Waals surface area contributed by atoms with Gasteiger partial charge in [-0.3, -0.25) is 4.79 Å². The minimum absolute atomic E-state index is 0.0227. The van der Waals surface area contributed by atoms with Crippen molar-refractivity contribution in [3.05, 3.63) is 48.0 Å². The van der Waals surface area contributed by atoms with E-state index in [2.05, 4.69) is 10.3 Å². The Hall–Kier alpha value is -2.24. The molecule has 21 heavy (non-hydrogen) atoms. The summed E-state index contributed by atoms with van der Waals surface area (Å²) in [5, 5.41) is 7.54. The van der Waals surface area contributed by atoms with Gasteiger partial charge < -0.3 is 4.90 Å². The number of likely N-dealkylation sites (tertiary alicyclic amines) is 1. The highest BCUT2D eigenvalue weighted by atomic mass is 19.1. The number of nitrogens with zero attached hydrogens (tertiary/aromatic N) is 4. The van der Waals surface area contributed by atoms with Gasteiger partial charge in [0.05, 0.1) is 12.2 Å². The first-order valence-electron chi connectivity index (χ1n) is 7.13. The van der Waals surface area contributed by atoms with E-state index in [1.54, 1.807) is 24.5 Å². The number of rotatable bonds is 3. The molecule has 1 atom stereocenters. The van der Waals surface area contributed by atoms with E-state index in [1.165, 1.54) is 16.8 Å². The molecule has 1 aliphatic heterocycles. The highest BCUT2D eigenvalue weighted by molar-refractivity contribution is 5.76. The zero-order valence-corrected chi connectivity index (χ0v) is 11.7. The zero-order chi connectivity index (χ0) is 14.7. The molecule has 0 N–H and O–H groups in total. The predicted octanol–water partition coefficient (Wildman–Crippen LogP) is 2.17. The van der Waals surface area contributed by atoms with Crippen LogP contribution in [0.4, 0.5) is 4.39 Å². The van der Waals surface area contributed by atoms with Gasteiger partial charge in [-0.2, -0.15) is 0 Å². The Bertz CT molecular complexity index is 597. The summed E-state index contributed by atoms with van der Waals surface area (Å²) >= 11 is 0. The molecular formula is C15H17FN4O. The number of aromatic nitrogens is 3. The van der Waals surface area contributed by atoms with E-state index >= 15 is 0 Å². The van der Waals surface area contributed by atoms with Crippen molar-refractivity contribution in [3.63, 3.8) is 0 Å². The van der Waals surface area contributed by atoms with Crippen molar-refractivity contribution in [3.8, 4) is 0 Å². The van der Waals surface area contributed by atoms with Crippen LogP contribution in [0.25, 0.3) is 0 Å². The molecule has 0 unspecified atom stereocenters. The molecular weight excluding hydrogens is 271 g/mol. The monoisotopic (exact) mass is 288 g/mol. The van der Waals surface area contributed by atoms with Crippen LogP contribution in [0.5, 0.6) is 0 Å². The Morgan fingerprint density at radius 3 is 2.81 bits per heavy atom. The molecule has 1 aliphatic rings. The summed E-state index contributed by atoms with van der Waals surface area (Å²) in [7, 11) is 0. The SMILES string of the molecule is O=C(Cn1ccnn1)N1CCCC[C@@H]1c1ccc(F)cc1. The first kappa shape index (κ1) is 13.7. The zero-order valence-electron chi connectivity index (χ0n) is 11.7. The van der Waals surface area contributed by atoms with Crippen LogP contribution in [-0.4, -0.2) is 32.3 Å². The van der Waals surface area contributed by atoms with Gasteiger partial charge >= 0.3 is 0 Å². The maximum atomic E-state index is 13.1. The van der Waals surface area contributed by atoms with Crippen LogP contribution in [0.1, 0.15) is 30.9 Å². The lowest BCUT2D eigenvalue weighted by Gasteiger charge is -2.36. The molecule has 5 nitrogen and oxygen atoms in total. The molecule has 0 spiro atoms. The number of hydrogen-bond donors (Lipinski definition) is 0. The standard InChI is InChI=1S/C15H17FN4O/c16-13-6-4-12(5-7-13)14-3-1-2-9-20(14)15(21)11-19-10-8-17-18-19/h4-8,10,14H,1-3,9,11H2/t14-/m1/s1. The first-order chi connectivity index (χ1) is 10.2. The van der Waals surface area contributed by atoms with Crippen LogP contribution in [-0.2, 0) is 11.3 Å². The molecule has 2 aromatic rings. The van der Waals surface area contributed by atoms with Gasteiger partial charge in [-0.25, -0.2) is 9.07 Å². The van der Waals surface area contributed by atoms with E-state index in [-0.39, 0.29) is 24.3 Å². The number of carbonyl (C=O) groups is 1. The Kier molecular flexibility index (Phi) is 3.94. The molecule has 1 aromatic heterocycles. The quantitative estimate of drug-likeness (QED) is 0.869. The van der Waals surface area contributed by atoms with E-state index in [0.29, 0.717) is 0 Å². The molecule has 0 aliphatic carbocycles. The van der Waals surface area contributed by atoms with Gasteiger partial charge in [-0.05, 0) is 37.0 Å². The summed E-state index contributed by atoms with van der Waals surface area (Å²) in [5.74, 6) is -0.232. The molecule has 3 rings (SSSR count). The second-order valence-corrected chi connectivity index (χ2v) is 5.25. The number of piperidine rings is 1. The average molecular weight is 288 g/mol. The highest BCUT2D eigenvalue weighted by Gasteiger charge is 2.28. The summed E-state index contributed by atoms with van der Waals surface area (Å²) in [6.07, 6.45) is 6.22. The first-order valence-corrected chi connectivity index (χ1v) is 7.13. The summed E-state index contributed by atoms with van der Waals surface area (Å²) < 4.78 is 14.6. The molecule has 1 aromatic carbocycles. The largest absolute Gasteiger partial charge is 0.334 e. The third-order valence-corrected chi connectivity index (χ3v) is 3.85. The van der Waals surface area contributed by atoms with E-state index in [0.717, 1.165) is 31.4 Å². The van der Waals surface area contributed by atoms with E-state index < -0.39 is 0 Å². The molecule has 1 fully saturated rings. The molecule has 0 radical (unpaired) electrons. The van der Waals surface area contributed by atoms with Crippen molar-refractivity contribution in [1.82, 2.24) is 19.9 Å². The number of benzene rings is 1. The van der Waals surface area contributed by atoms with Crippen molar-refractivity contribution >= 4 is 5.91 Å². The molecule has 0 saturated carbocycles. The number of carbonyl (C=O) groups excluding carboxylic acids is 1. The molecule has 1 saturated heterocycles. The average Bonchev–Trinajstić information content (AvgIpc) is 3.01. The maximum absolute atomic E-state index is 13.1. The van der Waals surface area contributed by atoms with Gasteiger partial charge in [-0.1, -0.05) is 17.3 Å². The minimum Gasteiger partial charge on any atom is -0.334 e. The van der Waals surface area contributed by atoms with Gasteiger partial charge in [0, 0.05) is 12.7 Å². The van der Waals surface area contributed by atoms with Crippen molar-refractivity contribution < 1.29 is 9.18 Å². The summed E-state index contributed by atoms with van der Waals surface area (Å²) in [6, 6.07) is 6.45. The Morgan fingerprint density at radius 1 is 1.29 bits per heavy atom. The molecule has 1 amide bonds. The molecule has 110 valence electrons. The topological polar surface area (TPSA) is 51.0 Å². The minimum atomic E-state index is -0.255. The van der Waals surface area contributed by atoms with Gasteiger partial charge in [-0.15, -0.1) is 5.10 Å². The Labute approximate surface area is 122 Å². The maximum Gasteiger partial charge on any atom is 0.244 e. The lowest BCUT2D eigenvalue weighted by molar-refractivity contribution is -0.136. The van der Waals surface area contributed by atoms with Crippen molar-refractivity contribution in [2.45, 2.75) is 31.8 Å². The van der Waals surface area contributed by atoms with Gasteiger partial charge in [0.15, 0.2) is 0 Å². The van der Waals surface area contributed by atoms with Crippen molar-refractivity contribution in [2.24, 2.45) is 0 Å². The van der Waals surface area contributed by atoms with Gasteiger partial charge in [0.1, 0.15) is 12.4 Å². The number of halogens is 1. The van der Waals surface area contributed by atoms with Gasteiger partial charge in [0.25, 0.3) is 0 Å². The van der Waals surface area contributed by atoms with E-state index in [1.807, 2.05) is 4.90 Å². The second-order valence-electron chi connectivity index (χ2n) is 5.25. The summed E-state index contributed by atoms with van der Waals surface area (Å²) in [6.45, 7) is 0.924. The highest BCUT2D eigenvalue weighted by Crippen LogP contribution is 2.31. The van der Waals surface area contributed by atoms with Crippen molar-refractivity contribution in [1.29, 1.82) is 0 Å². The van der Waals surface area contributed by atoms with E-state index in [9.17, 15) is 9.18 Å². The van der Waals surface area contributed by atoms with Crippen LogP contribution >= 0.6 is 0 Å². The van der Waals surface area contributed by atoms with E-state index in [4.69, 9.17) is 0 Å². The van der Waals surface area contributed by atoms with Crippen LogP contribution in [0.3, 0.4) is 0 Å². The number of hydrogen-bond acceptors (Lipinski definition) is 3. The third kappa shape index (κ3) is 3.09. The molecule has 0 bridgehead atoms. The lowest BCUT2D eigenvalue weighted by Crippen LogP contribution is -2.40. The fourth-order valence-corrected chi connectivity index (χ4v) is 2.81. The van der Waals surface area contributed by atoms with Crippen LogP contribution < -0.4 is 0 Å². The smallest absolute Gasteiger partial charge is 0.244 e. The Morgan fingerprint density at radius 2 is 2.10 bits per heavy atom. The third-order valence-electron chi connectivity index (χ3n) is 3.85. The normalized spacial score (nSPS) is 18.7. The lowest BCUT2D eigenvalue weighted by atomic mass is 9.95. The van der Waals surface area contributed by atoms with Crippen molar-refractivity contribution in [2.75, 3.05) is 6.54 Å². The summed E-state index contributed by atoms with van der Waals surface area (Å²) in [5.41, 5.74) is 0.989. The summed E-state index contributed by atoms with van der Waals surface area (Å²) in [4.78, 5) is 14.4. The fraction of sp³-hybridized carbons (Fsp3) is 0.400. The Balaban J connectivity index is 1.77. The van der Waals surface area contributed by atoms with Gasteiger partial charge in [0.2, 0.25) is 5.91 Å².